The van der Waals surface area contributed by atoms with Gasteiger partial charge in [0.05, 0.1) is 12.2 Å². The maximum atomic E-state index is 11.2. The summed E-state index contributed by atoms with van der Waals surface area (Å²) in [5.74, 6) is 4.55. The zero-order valence-corrected chi connectivity index (χ0v) is 16.9. The van der Waals surface area contributed by atoms with Crippen LogP contribution in [0.5, 0.6) is 0 Å². The Morgan fingerprint density at radius 1 is 1.21 bits per heavy atom. The average molecular weight is 384 g/mol. The second-order valence-corrected chi connectivity index (χ2v) is 10.6. The van der Waals surface area contributed by atoms with Crippen molar-refractivity contribution in [3.05, 3.63) is 28.7 Å². The maximum Gasteiger partial charge on any atom is 0.110 e. The Hall–Kier alpha value is -1.00. The lowest BCUT2D eigenvalue weighted by Crippen LogP contribution is -2.56. The molecule has 7 unspecified atom stereocenters. The first-order valence-electron chi connectivity index (χ1n) is 11.7. The molecule has 4 saturated carbocycles. The molecule has 1 aliphatic heterocycles. The summed E-state index contributed by atoms with van der Waals surface area (Å²) in [6, 6.07) is -0.172. The molecule has 0 aromatic rings. The largest absolute Gasteiger partial charge is 0.396 e. The van der Waals surface area contributed by atoms with Crippen LogP contribution < -0.4 is 0 Å². The van der Waals surface area contributed by atoms with Gasteiger partial charge in [0, 0.05) is 17.9 Å². The number of nitroso groups, excluding NO2 is 1. The fourth-order valence-corrected chi connectivity index (χ4v) is 9.22. The number of hydrogen-bond donors (Lipinski definition) is 1. The Labute approximate surface area is 167 Å². The van der Waals surface area contributed by atoms with Crippen molar-refractivity contribution in [2.75, 3.05) is 13.2 Å². The topological polar surface area (TPSA) is 58.9 Å². The second-order valence-electron chi connectivity index (χ2n) is 10.6. The number of aliphatic hydroxyl groups excluding tert-OH is 1. The monoisotopic (exact) mass is 383 g/mol. The number of ether oxygens (including phenoxy) is 1. The fraction of sp³-hybridized carbons (Fsp3) is 0.833. The maximum absolute atomic E-state index is 11.2. The molecule has 0 aromatic heterocycles. The van der Waals surface area contributed by atoms with Gasteiger partial charge in [0.15, 0.2) is 0 Å². The molecule has 0 amide bonds. The van der Waals surface area contributed by atoms with Crippen LogP contribution in [0.25, 0.3) is 0 Å². The molecule has 28 heavy (non-hydrogen) atoms. The van der Waals surface area contributed by atoms with Crippen LogP contribution >= 0.6 is 0 Å². The number of fused-ring (bicyclic) bond motifs is 9. The second kappa shape index (κ2) is 6.01. The Bertz CT molecular complexity index is 746. The minimum Gasteiger partial charge on any atom is -0.396 e. The molecule has 6 rings (SSSR count). The van der Waals surface area contributed by atoms with Crippen molar-refractivity contribution in [3.8, 4) is 0 Å². The SMILES string of the molecule is CC[C@]12CCC3C(CC(CO)C4=CC(N=O)CC[C@@H]43)C1C1CC1[C@@]21C=CCO1. The Morgan fingerprint density at radius 2 is 2.11 bits per heavy atom. The van der Waals surface area contributed by atoms with Crippen LogP contribution in [0, 0.1) is 51.7 Å². The van der Waals surface area contributed by atoms with Crippen molar-refractivity contribution < 1.29 is 9.84 Å². The summed E-state index contributed by atoms with van der Waals surface area (Å²) < 4.78 is 6.57. The number of nitrogens with zero attached hydrogens (tertiary/aromatic N) is 1. The van der Waals surface area contributed by atoms with Gasteiger partial charge in [0.2, 0.25) is 0 Å². The lowest BCUT2D eigenvalue weighted by Gasteiger charge is -2.59. The molecule has 5 aliphatic carbocycles. The summed E-state index contributed by atoms with van der Waals surface area (Å²) in [7, 11) is 0. The van der Waals surface area contributed by atoms with E-state index in [0.717, 1.165) is 49.5 Å². The quantitative estimate of drug-likeness (QED) is 0.577. The van der Waals surface area contributed by atoms with Crippen molar-refractivity contribution in [2.45, 2.75) is 63.5 Å². The van der Waals surface area contributed by atoms with Crippen molar-refractivity contribution in [1.29, 1.82) is 0 Å². The smallest absolute Gasteiger partial charge is 0.110 e. The van der Waals surface area contributed by atoms with Crippen LogP contribution in [0.15, 0.2) is 29.0 Å². The van der Waals surface area contributed by atoms with Gasteiger partial charge in [0.25, 0.3) is 0 Å². The van der Waals surface area contributed by atoms with Crippen LogP contribution in [0.4, 0.5) is 0 Å². The van der Waals surface area contributed by atoms with E-state index < -0.39 is 0 Å². The van der Waals surface area contributed by atoms with Crippen LogP contribution in [0.2, 0.25) is 0 Å². The van der Waals surface area contributed by atoms with Gasteiger partial charge in [-0.15, -0.1) is 0 Å². The third-order valence-electron chi connectivity index (χ3n) is 10.1. The highest BCUT2D eigenvalue weighted by atomic mass is 16.5. The zero-order valence-electron chi connectivity index (χ0n) is 16.9. The van der Waals surface area contributed by atoms with Crippen molar-refractivity contribution in [3.63, 3.8) is 0 Å². The van der Waals surface area contributed by atoms with E-state index in [0.29, 0.717) is 17.3 Å². The summed E-state index contributed by atoms with van der Waals surface area (Å²) in [5, 5.41) is 13.6. The average Bonchev–Trinajstić information content (AvgIpc) is 3.31. The fourth-order valence-electron chi connectivity index (χ4n) is 9.22. The zero-order chi connectivity index (χ0) is 19.1. The van der Waals surface area contributed by atoms with E-state index in [-0.39, 0.29) is 24.2 Å². The lowest BCUT2D eigenvalue weighted by molar-refractivity contribution is -0.146. The minimum absolute atomic E-state index is 0.00593. The summed E-state index contributed by atoms with van der Waals surface area (Å²) in [6.45, 7) is 3.41. The van der Waals surface area contributed by atoms with Gasteiger partial charge in [-0.3, -0.25) is 0 Å². The molecule has 1 N–H and O–H groups in total. The predicted molar refractivity (Wildman–Crippen MR) is 107 cm³/mol. The van der Waals surface area contributed by atoms with E-state index in [2.05, 4.69) is 30.3 Å². The Morgan fingerprint density at radius 3 is 2.82 bits per heavy atom. The third-order valence-corrected chi connectivity index (χ3v) is 10.1. The molecule has 4 heteroatoms. The standard InChI is InChI=1S/C24H33NO3/c1-2-23-8-6-17-16-5-4-15(25-27)11-18(16)14(13-26)10-19(17)22(23)20-12-21(20)24(23)7-3-9-28-24/h3,7,11,14-17,19-22,26H,2,4-6,8-10,12-13H2,1H3/t14?,15?,16-,17?,19?,20?,21?,22?,23+,24+/m1/s1. The third kappa shape index (κ3) is 1.99. The van der Waals surface area contributed by atoms with Gasteiger partial charge in [-0.25, -0.2) is 0 Å². The van der Waals surface area contributed by atoms with Crippen LogP contribution in [0.3, 0.4) is 0 Å². The molecule has 0 bridgehead atoms. The normalized spacial score (nSPS) is 55.9. The van der Waals surface area contributed by atoms with Gasteiger partial charge < -0.3 is 9.84 Å². The Kier molecular flexibility index (Phi) is 3.83. The van der Waals surface area contributed by atoms with Crippen molar-refractivity contribution in [2.24, 2.45) is 52.0 Å². The van der Waals surface area contributed by atoms with E-state index >= 15 is 0 Å². The van der Waals surface area contributed by atoms with Gasteiger partial charge >= 0.3 is 0 Å². The highest BCUT2D eigenvalue weighted by molar-refractivity contribution is 5.34. The first kappa shape index (κ1) is 17.8. The number of rotatable bonds is 3. The molecular formula is C24H33NO3. The van der Waals surface area contributed by atoms with Gasteiger partial charge in [-0.1, -0.05) is 35.9 Å². The van der Waals surface area contributed by atoms with E-state index in [1.165, 1.54) is 31.3 Å². The number of aliphatic hydroxyl groups is 1. The van der Waals surface area contributed by atoms with E-state index in [9.17, 15) is 10.0 Å². The van der Waals surface area contributed by atoms with Crippen LogP contribution in [-0.2, 0) is 4.74 Å². The molecule has 0 saturated heterocycles. The first-order chi connectivity index (χ1) is 13.7. The van der Waals surface area contributed by atoms with Crippen molar-refractivity contribution in [1.82, 2.24) is 0 Å². The molecule has 0 radical (unpaired) electrons. The molecular weight excluding hydrogens is 350 g/mol. The molecule has 10 atom stereocenters. The first-order valence-corrected chi connectivity index (χ1v) is 11.7. The molecule has 1 heterocycles. The lowest BCUT2D eigenvalue weighted by atomic mass is 9.46. The van der Waals surface area contributed by atoms with E-state index in [1.807, 2.05) is 0 Å². The summed E-state index contributed by atoms with van der Waals surface area (Å²) in [4.78, 5) is 11.2. The van der Waals surface area contributed by atoms with Gasteiger partial charge in [-0.2, -0.15) is 4.91 Å². The van der Waals surface area contributed by atoms with Crippen LogP contribution in [0.1, 0.15) is 51.9 Å². The minimum atomic E-state index is -0.172. The van der Waals surface area contributed by atoms with Gasteiger partial charge in [0.1, 0.15) is 6.04 Å². The molecule has 4 fully saturated rings. The highest BCUT2D eigenvalue weighted by Gasteiger charge is 2.77. The molecule has 0 aromatic carbocycles. The molecule has 1 spiro atoms. The molecule has 6 aliphatic rings. The molecule has 4 nitrogen and oxygen atoms in total. The van der Waals surface area contributed by atoms with E-state index in [4.69, 9.17) is 4.74 Å². The van der Waals surface area contributed by atoms with Crippen LogP contribution in [-0.4, -0.2) is 30.0 Å². The summed E-state index contributed by atoms with van der Waals surface area (Å²) in [6.07, 6.45) is 15.1. The predicted octanol–water partition coefficient (Wildman–Crippen LogP) is 4.48. The Balaban J connectivity index is 1.40. The summed E-state index contributed by atoms with van der Waals surface area (Å²) in [5.41, 5.74) is 1.68. The van der Waals surface area contributed by atoms with Crippen molar-refractivity contribution >= 4 is 0 Å². The molecule has 152 valence electrons. The number of hydrogen-bond acceptors (Lipinski definition) is 4. The summed E-state index contributed by atoms with van der Waals surface area (Å²) >= 11 is 0. The van der Waals surface area contributed by atoms with E-state index in [1.54, 1.807) is 0 Å². The van der Waals surface area contributed by atoms with Gasteiger partial charge in [-0.05, 0) is 80.5 Å². The highest BCUT2D eigenvalue weighted by Crippen LogP contribution is 2.78.